The van der Waals surface area contributed by atoms with Gasteiger partial charge < -0.3 is 10.6 Å². The Hall–Kier alpha value is -1.92. The van der Waals surface area contributed by atoms with Gasteiger partial charge in [-0.3, -0.25) is 9.48 Å². The minimum absolute atomic E-state index is 0.105. The van der Waals surface area contributed by atoms with Crippen molar-refractivity contribution in [2.45, 2.75) is 25.9 Å². The Morgan fingerprint density at radius 1 is 1.43 bits per heavy atom. The summed E-state index contributed by atoms with van der Waals surface area (Å²) in [7, 11) is 0. The minimum Gasteiger partial charge on any atom is -0.310 e. The van der Waals surface area contributed by atoms with Crippen LogP contribution in [0.15, 0.2) is 36.8 Å². The molecule has 0 bridgehead atoms. The summed E-state index contributed by atoms with van der Waals surface area (Å²) in [5.74, 6) is 0.336. The lowest BCUT2D eigenvalue weighted by molar-refractivity contribution is -0.115. The van der Waals surface area contributed by atoms with Gasteiger partial charge in [-0.15, -0.1) is 0 Å². The summed E-state index contributed by atoms with van der Waals surface area (Å²) in [5.41, 5.74) is 0. The van der Waals surface area contributed by atoms with E-state index < -0.39 is 0 Å². The van der Waals surface area contributed by atoms with Crippen LogP contribution in [0.3, 0.4) is 0 Å². The predicted molar refractivity (Wildman–Crippen MR) is 82.3 cm³/mol. The smallest absolute Gasteiger partial charge is 0.239 e. The van der Waals surface area contributed by atoms with Gasteiger partial charge in [-0.1, -0.05) is 11.6 Å². The molecule has 2 aromatic rings. The maximum absolute atomic E-state index is 11.8. The highest BCUT2D eigenvalue weighted by Crippen LogP contribution is 2.10. The van der Waals surface area contributed by atoms with Gasteiger partial charge in [-0.2, -0.15) is 5.10 Å². The summed E-state index contributed by atoms with van der Waals surface area (Å²) in [6, 6.07) is 5.48. The number of hydrogen-bond donors (Lipinski definition) is 2. The highest BCUT2D eigenvalue weighted by molar-refractivity contribution is 6.30. The quantitative estimate of drug-likeness (QED) is 0.857. The van der Waals surface area contributed by atoms with Gasteiger partial charge in [0.1, 0.15) is 5.82 Å². The van der Waals surface area contributed by atoms with Crippen molar-refractivity contribution < 1.29 is 4.79 Å². The van der Waals surface area contributed by atoms with Gasteiger partial charge in [-0.25, -0.2) is 4.98 Å². The summed E-state index contributed by atoms with van der Waals surface area (Å²) < 4.78 is 1.86. The molecular formula is C14H18ClN5O. The number of anilines is 1. The molecule has 0 saturated carbocycles. The van der Waals surface area contributed by atoms with Crippen LogP contribution in [0.1, 0.15) is 19.9 Å². The number of amides is 1. The van der Waals surface area contributed by atoms with E-state index >= 15 is 0 Å². The summed E-state index contributed by atoms with van der Waals surface area (Å²) in [4.78, 5) is 15.9. The molecule has 2 heterocycles. The largest absolute Gasteiger partial charge is 0.310 e. The lowest BCUT2D eigenvalue weighted by Crippen LogP contribution is -2.39. The van der Waals surface area contributed by atoms with Crippen LogP contribution in [0.25, 0.3) is 0 Å². The Morgan fingerprint density at radius 3 is 2.86 bits per heavy atom. The zero-order valence-corrected chi connectivity index (χ0v) is 12.7. The van der Waals surface area contributed by atoms with Crippen LogP contribution in [0.4, 0.5) is 5.82 Å². The van der Waals surface area contributed by atoms with Gasteiger partial charge in [0.25, 0.3) is 0 Å². The van der Waals surface area contributed by atoms with Gasteiger partial charge in [0.2, 0.25) is 5.91 Å². The third-order valence-electron chi connectivity index (χ3n) is 3.25. The van der Waals surface area contributed by atoms with Crippen molar-refractivity contribution in [3.8, 4) is 0 Å². The second-order valence-electron chi connectivity index (χ2n) is 4.81. The average Bonchev–Trinajstić information content (AvgIpc) is 3.00. The highest BCUT2D eigenvalue weighted by atomic mass is 35.5. The van der Waals surface area contributed by atoms with Crippen molar-refractivity contribution >= 4 is 23.3 Å². The molecule has 112 valence electrons. The SMILES string of the molecule is CC(NCC(=O)Nc1ccc(Cl)cn1)C(C)n1cccn1. The van der Waals surface area contributed by atoms with Crippen molar-refractivity contribution in [1.82, 2.24) is 20.1 Å². The van der Waals surface area contributed by atoms with E-state index in [1.807, 2.05) is 30.8 Å². The number of rotatable bonds is 6. The van der Waals surface area contributed by atoms with Crippen molar-refractivity contribution in [1.29, 1.82) is 0 Å². The first-order valence-electron chi connectivity index (χ1n) is 6.70. The summed E-state index contributed by atoms with van der Waals surface area (Å²) in [5, 5.41) is 10.6. The Bertz CT molecular complexity index is 570. The number of aromatic nitrogens is 3. The molecule has 7 heteroatoms. The minimum atomic E-state index is -0.149. The molecular weight excluding hydrogens is 290 g/mol. The number of halogens is 1. The molecule has 6 nitrogen and oxygen atoms in total. The van der Waals surface area contributed by atoms with E-state index in [1.54, 1.807) is 18.3 Å². The molecule has 2 aromatic heterocycles. The molecule has 0 fully saturated rings. The second-order valence-corrected chi connectivity index (χ2v) is 5.24. The maximum Gasteiger partial charge on any atom is 0.239 e. The van der Waals surface area contributed by atoms with E-state index in [1.165, 1.54) is 6.20 Å². The zero-order chi connectivity index (χ0) is 15.2. The molecule has 0 aromatic carbocycles. The third kappa shape index (κ3) is 4.54. The summed E-state index contributed by atoms with van der Waals surface area (Å²) in [6.07, 6.45) is 5.13. The predicted octanol–water partition coefficient (Wildman–Crippen LogP) is 2.11. The topological polar surface area (TPSA) is 71.8 Å². The van der Waals surface area contributed by atoms with E-state index in [9.17, 15) is 4.79 Å². The van der Waals surface area contributed by atoms with Gasteiger partial charge >= 0.3 is 0 Å². The first kappa shape index (κ1) is 15.5. The standard InChI is InChI=1S/C14H18ClN5O/c1-10(11(2)20-7-3-6-18-20)16-9-14(21)19-13-5-4-12(15)8-17-13/h3-8,10-11,16H,9H2,1-2H3,(H,17,19,21). The lowest BCUT2D eigenvalue weighted by Gasteiger charge is -2.21. The number of carbonyl (C=O) groups excluding carboxylic acids is 1. The molecule has 2 atom stereocenters. The van der Waals surface area contributed by atoms with Crippen LogP contribution in [-0.4, -0.2) is 33.3 Å². The summed E-state index contributed by atoms with van der Waals surface area (Å²) >= 11 is 5.74. The van der Waals surface area contributed by atoms with Crippen LogP contribution in [-0.2, 0) is 4.79 Å². The van der Waals surface area contributed by atoms with Crippen molar-refractivity contribution in [3.05, 3.63) is 41.8 Å². The van der Waals surface area contributed by atoms with Crippen LogP contribution in [0, 0.1) is 0 Å². The van der Waals surface area contributed by atoms with Gasteiger partial charge in [0.15, 0.2) is 0 Å². The lowest BCUT2D eigenvalue weighted by atomic mass is 10.2. The molecule has 0 saturated heterocycles. The fourth-order valence-electron chi connectivity index (χ4n) is 1.81. The van der Waals surface area contributed by atoms with Crippen LogP contribution in [0.5, 0.6) is 0 Å². The Labute approximate surface area is 128 Å². The molecule has 0 radical (unpaired) electrons. The van der Waals surface area contributed by atoms with Crippen LogP contribution >= 0.6 is 11.6 Å². The van der Waals surface area contributed by atoms with Crippen molar-refractivity contribution in [2.75, 3.05) is 11.9 Å². The Balaban J connectivity index is 1.79. The first-order valence-corrected chi connectivity index (χ1v) is 7.08. The van der Waals surface area contributed by atoms with E-state index in [-0.39, 0.29) is 24.5 Å². The molecule has 2 unspecified atom stereocenters. The van der Waals surface area contributed by atoms with Crippen LogP contribution < -0.4 is 10.6 Å². The van der Waals surface area contributed by atoms with Crippen molar-refractivity contribution in [2.24, 2.45) is 0 Å². The second kappa shape index (κ2) is 7.19. The maximum atomic E-state index is 11.8. The number of hydrogen-bond acceptors (Lipinski definition) is 4. The van der Waals surface area contributed by atoms with Gasteiger partial charge in [0, 0.05) is 24.6 Å². The molecule has 21 heavy (non-hydrogen) atoms. The number of pyridine rings is 1. The fourth-order valence-corrected chi connectivity index (χ4v) is 1.92. The highest BCUT2D eigenvalue weighted by Gasteiger charge is 2.14. The molecule has 2 N–H and O–H groups in total. The molecule has 0 aliphatic rings. The van der Waals surface area contributed by atoms with Crippen molar-refractivity contribution in [3.63, 3.8) is 0 Å². The van der Waals surface area contributed by atoms with E-state index in [2.05, 4.69) is 20.7 Å². The molecule has 0 aliphatic carbocycles. The zero-order valence-electron chi connectivity index (χ0n) is 12.0. The number of nitrogens with one attached hydrogen (secondary N) is 2. The van der Waals surface area contributed by atoms with Gasteiger partial charge in [0.05, 0.1) is 17.6 Å². The molecule has 0 spiro atoms. The molecule has 0 aliphatic heterocycles. The van der Waals surface area contributed by atoms with E-state index in [4.69, 9.17) is 11.6 Å². The fraction of sp³-hybridized carbons (Fsp3) is 0.357. The summed E-state index contributed by atoms with van der Waals surface area (Å²) in [6.45, 7) is 4.26. The van der Waals surface area contributed by atoms with Gasteiger partial charge in [-0.05, 0) is 32.0 Å². The Kier molecular flexibility index (Phi) is 5.30. The number of nitrogens with zero attached hydrogens (tertiary/aromatic N) is 3. The first-order chi connectivity index (χ1) is 10.1. The normalized spacial score (nSPS) is 13.7. The third-order valence-corrected chi connectivity index (χ3v) is 3.47. The monoisotopic (exact) mass is 307 g/mol. The number of carbonyl (C=O) groups is 1. The average molecular weight is 308 g/mol. The molecule has 2 rings (SSSR count). The van der Waals surface area contributed by atoms with E-state index in [0.717, 1.165) is 0 Å². The van der Waals surface area contributed by atoms with E-state index in [0.29, 0.717) is 10.8 Å². The Morgan fingerprint density at radius 2 is 2.24 bits per heavy atom. The molecule has 1 amide bonds. The van der Waals surface area contributed by atoms with Crippen LogP contribution in [0.2, 0.25) is 5.02 Å².